The van der Waals surface area contributed by atoms with Gasteiger partial charge in [-0.3, -0.25) is 24.0 Å². The number of rotatable bonds is 21. The summed E-state index contributed by atoms with van der Waals surface area (Å²) in [6.45, 7) is 2.22. The number of hydrogen-bond acceptors (Lipinski definition) is 11. The van der Waals surface area contributed by atoms with Crippen LogP contribution in [-0.4, -0.2) is 88.5 Å². The molecule has 13 nitrogen and oxygen atoms in total. The Morgan fingerprint density at radius 2 is 1.00 bits per heavy atom. The average molecular weight is 698 g/mol. The fourth-order valence-corrected chi connectivity index (χ4v) is 4.83. The summed E-state index contributed by atoms with van der Waals surface area (Å²) in [5.41, 5.74) is 9.39. The van der Waals surface area contributed by atoms with Crippen molar-refractivity contribution in [3.05, 3.63) is 124 Å². The predicted molar refractivity (Wildman–Crippen MR) is 187 cm³/mol. The van der Waals surface area contributed by atoms with Crippen LogP contribution < -0.4 is 25.8 Å². The van der Waals surface area contributed by atoms with Crippen molar-refractivity contribution < 1.29 is 48.0 Å². The van der Waals surface area contributed by atoms with Gasteiger partial charge in [-0.05, 0) is 71.8 Å². The van der Waals surface area contributed by atoms with Crippen LogP contribution in [0.4, 0.5) is 0 Å². The highest BCUT2D eigenvalue weighted by Gasteiger charge is 2.11. The molecular weight excluding hydrogens is 658 g/mol. The van der Waals surface area contributed by atoms with E-state index in [1.165, 1.54) is 36.4 Å². The third-order valence-corrected chi connectivity index (χ3v) is 7.39. The summed E-state index contributed by atoms with van der Waals surface area (Å²) in [5, 5.41) is 15.0. The van der Waals surface area contributed by atoms with Crippen LogP contribution in [0, 0.1) is 0 Å². The lowest BCUT2D eigenvalue weighted by molar-refractivity contribution is 0.0862. The normalized spacial score (nSPS) is 11.2. The largest absolute Gasteiger partial charge is 0.508 e. The molecule has 0 spiro atoms. The summed E-state index contributed by atoms with van der Waals surface area (Å²) in [4.78, 5) is 57.5. The van der Waals surface area contributed by atoms with E-state index in [0.29, 0.717) is 56.8 Å². The molecule has 4 aromatic rings. The molecule has 5 N–H and O–H groups in total. The first-order valence-corrected chi connectivity index (χ1v) is 16.1. The summed E-state index contributed by atoms with van der Waals surface area (Å²) >= 11 is 0. The number of benzene rings is 4. The first-order valence-electron chi connectivity index (χ1n) is 16.1. The molecule has 1 atom stereocenters. The summed E-state index contributed by atoms with van der Waals surface area (Å²) in [5.74, 6) is 0.321. The molecule has 0 heterocycles. The molecule has 4 rings (SSSR count). The summed E-state index contributed by atoms with van der Waals surface area (Å²) in [7, 11) is 0. The van der Waals surface area contributed by atoms with E-state index in [1.807, 2.05) is 48.5 Å². The first-order chi connectivity index (χ1) is 24.8. The molecule has 2 amide bonds. The molecule has 51 heavy (non-hydrogen) atoms. The Labute approximate surface area is 294 Å². The van der Waals surface area contributed by atoms with E-state index < -0.39 is 11.8 Å². The van der Waals surface area contributed by atoms with Gasteiger partial charge in [0, 0.05) is 40.9 Å². The molecule has 1 unspecified atom stereocenters. The predicted octanol–water partition coefficient (Wildman–Crippen LogP) is 3.53. The van der Waals surface area contributed by atoms with Gasteiger partial charge in [0.15, 0.2) is 0 Å². The van der Waals surface area contributed by atoms with E-state index in [9.17, 15) is 29.1 Å². The zero-order valence-electron chi connectivity index (χ0n) is 27.7. The Morgan fingerprint density at radius 3 is 1.43 bits per heavy atom. The van der Waals surface area contributed by atoms with Gasteiger partial charge in [-0.1, -0.05) is 24.3 Å². The van der Waals surface area contributed by atoms with Crippen LogP contribution in [0.3, 0.4) is 0 Å². The second kappa shape index (κ2) is 19.9. The highest BCUT2D eigenvalue weighted by atomic mass is 16.5. The maximum atomic E-state index is 12.3. The molecule has 0 fully saturated rings. The minimum Gasteiger partial charge on any atom is -0.508 e. The van der Waals surface area contributed by atoms with Crippen molar-refractivity contribution in [2.45, 2.75) is 6.04 Å². The van der Waals surface area contributed by atoms with Gasteiger partial charge >= 0.3 is 0 Å². The maximum absolute atomic E-state index is 12.3. The zero-order chi connectivity index (χ0) is 36.4. The van der Waals surface area contributed by atoms with Gasteiger partial charge in [0.05, 0.1) is 32.5 Å². The Bertz CT molecular complexity index is 1750. The third kappa shape index (κ3) is 12.2. The van der Waals surface area contributed by atoms with Gasteiger partial charge in [0.25, 0.3) is 11.8 Å². The summed E-state index contributed by atoms with van der Waals surface area (Å²) in [6, 6.07) is 22.7. The number of phenolic OH excluding ortho intramolecular Hbond substituents is 1. The molecular formula is C38H39N3O10. The van der Waals surface area contributed by atoms with Crippen molar-refractivity contribution in [1.29, 1.82) is 0 Å². The van der Waals surface area contributed by atoms with Crippen LogP contribution in [0.25, 0.3) is 0 Å². The molecule has 0 aromatic heterocycles. The first kappa shape index (κ1) is 37.9. The van der Waals surface area contributed by atoms with Crippen LogP contribution in [0.1, 0.15) is 69.0 Å². The average Bonchev–Trinajstić information content (AvgIpc) is 3.16. The lowest BCUT2D eigenvalue weighted by Crippen LogP contribution is -2.28. The second-order valence-corrected chi connectivity index (χ2v) is 11.1. The number of carbonyl (C=O) groups excluding carboxylic acids is 5. The van der Waals surface area contributed by atoms with Gasteiger partial charge in [0.2, 0.25) is 0 Å². The Kier molecular flexibility index (Phi) is 14.8. The minimum atomic E-state index is -0.421. The third-order valence-electron chi connectivity index (χ3n) is 7.39. The van der Waals surface area contributed by atoms with Crippen LogP contribution in [0.5, 0.6) is 17.2 Å². The topological polar surface area (TPSA) is 193 Å². The SMILES string of the molecule is NC(c1ccc(OCCOCCNC(=O)c2cc(O)cc(C=O)c2)cc1)c1ccc(OCCOCCNC(=O)c2cc(C=O)cc(C=O)c2)cc1. The van der Waals surface area contributed by atoms with E-state index >= 15 is 0 Å². The van der Waals surface area contributed by atoms with E-state index in [0.717, 1.165) is 11.1 Å². The molecule has 0 radical (unpaired) electrons. The Balaban J connectivity index is 1.07. The minimum absolute atomic E-state index is 0.160. The molecule has 4 aromatic carbocycles. The van der Waals surface area contributed by atoms with Gasteiger partial charge in [0.1, 0.15) is 49.3 Å². The number of nitrogens with two attached hydrogens (primary N) is 1. The Morgan fingerprint density at radius 1 is 0.588 bits per heavy atom. The lowest BCUT2D eigenvalue weighted by atomic mass is 9.99. The fourth-order valence-electron chi connectivity index (χ4n) is 4.83. The molecule has 13 heteroatoms. The number of ether oxygens (including phenoxy) is 4. The highest BCUT2D eigenvalue weighted by Crippen LogP contribution is 2.24. The van der Waals surface area contributed by atoms with Crippen molar-refractivity contribution in [3.63, 3.8) is 0 Å². The standard InChI is InChI=1S/C38H39N3O10/c39-36(30-3-7-35(8-4-30)51-16-14-49-12-10-41-38(47)32-20-28(25-44)21-33(45)22-32)29-1-5-34(6-2-29)50-15-13-48-11-9-40-37(46)31-18-26(23-42)17-27(19-31)24-43/h1-8,17-25,36,45H,9-16,39H2,(H,40,46)(H,41,47). The van der Waals surface area contributed by atoms with Crippen molar-refractivity contribution >= 4 is 30.7 Å². The van der Waals surface area contributed by atoms with Gasteiger partial charge < -0.3 is 40.4 Å². The van der Waals surface area contributed by atoms with Crippen molar-refractivity contribution in [3.8, 4) is 17.2 Å². The number of aldehydes is 3. The van der Waals surface area contributed by atoms with Crippen molar-refractivity contribution in [2.24, 2.45) is 5.73 Å². The van der Waals surface area contributed by atoms with Crippen LogP contribution in [0.15, 0.2) is 84.9 Å². The van der Waals surface area contributed by atoms with E-state index in [2.05, 4.69) is 10.6 Å². The smallest absolute Gasteiger partial charge is 0.251 e. The maximum Gasteiger partial charge on any atom is 0.251 e. The molecule has 0 aliphatic carbocycles. The number of amides is 2. The van der Waals surface area contributed by atoms with Gasteiger partial charge in [-0.15, -0.1) is 0 Å². The molecule has 0 aliphatic heterocycles. The highest BCUT2D eigenvalue weighted by molar-refractivity contribution is 5.98. The summed E-state index contributed by atoms with van der Waals surface area (Å²) < 4.78 is 22.5. The number of carbonyl (C=O) groups is 5. The number of nitrogens with one attached hydrogen (secondary N) is 2. The van der Waals surface area contributed by atoms with E-state index in [4.69, 9.17) is 24.7 Å². The lowest BCUT2D eigenvalue weighted by Gasteiger charge is -2.15. The monoisotopic (exact) mass is 697 g/mol. The summed E-state index contributed by atoms with van der Waals surface area (Å²) in [6.07, 6.45) is 1.72. The van der Waals surface area contributed by atoms with E-state index in [1.54, 1.807) is 0 Å². The molecule has 266 valence electrons. The molecule has 0 saturated carbocycles. The number of aromatic hydroxyl groups is 1. The van der Waals surface area contributed by atoms with Crippen LogP contribution in [0.2, 0.25) is 0 Å². The van der Waals surface area contributed by atoms with Crippen molar-refractivity contribution in [1.82, 2.24) is 10.6 Å². The van der Waals surface area contributed by atoms with Gasteiger partial charge in [-0.25, -0.2) is 0 Å². The van der Waals surface area contributed by atoms with Crippen LogP contribution >= 0.6 is 0 Å². The molecule has 0 saturated heterocycles. The Hall–Kier alpha value is -5.89. The van der Waals surface area contributed by atoms with Crippen molar-refractivity contribution in [2.75, 3.05) is 52.7 Å². The second-order valence-electron chi connectivity index (χ2n) is 11.1. The van der Waals surface area contributed by atoms with E-state index in [-0.39, 0.29) is 65.9 Å². The quantitative estimate of drug-likeness (QED) is 0.0736. The van der Waals surface area contributed by atoms with Crippen LogP contribution in [-0.2, 0) is 9.47 Å². The molecule has 0 bridgehead atoms. The zero-order valence-corrected chi connectivity index (χ0v) is 27.7. The number of hydrogen-bond donors (Lipinski definition) is 4. The fraction of sp³-hybridized carbons (Fsp3) is 0.237. The number of phenols is 1. The van der Waals surface area contributed by atoms with Gasteiger partial charge in [-0.2, -0.15) is 0 Å². The molecule has 0 aliphatic rings.